The van der Waals surface area contributed by atoms with Crippen LogP contribution in [0.2, 0.25) is 0 Å². The van der Waals surface area contributed by atoms with Gasteiger partial charge >= 0.3 is 0 Å². The highest BCUT2D eigenvalue weighted by Gasteiger charge is 2.24. The SMILES string of the molecule is [2H]c1c([2H])c([2H])c(N(c2c([2H])c([2H])c(-c3c([2H])c([2H])c([2H])c4c([2H])c([2H])c([2H])c([2H])c34)c([2H])c2[2H])c2c([2H])c([2H])c(-c3c([2H])c([2H])c([2H])c([2H])c3-n3c4c([2H])c([2H])c([2H])c([2H])c4c4c([2H])c([2H])c([2H])c([2H])c43)c3oc4c([2H])c([2H])c([2H])c([2H])c4c23)c([2H])c1[2H]. The largest absolute Gasteiger partial charge is 0.455 e. The summed E-state index contributed by atoms with van der Waals surface area (Å²) in [6.07, 6.45) is 0. The smallest absolute Gasteiger partial charge is 0.145 e. The molecule has 9 aromatic carbocycles. The molecule has 2 heterocycles. The van der Waals surface area contributed by atoms with Crippen LogP contribution in [0.3, 0.4) is 0 Å². The highest BCUT2D eigenvalue weighted by Crippen LogP contribution is 2.47. The first-order chi connectivity index (χ1) is 41.4. The average molecular weight is 737 g/mol. The van der Waals surface area contributed by atoms with Gasteiger partial charge in [-0.3, -0.25) is 0 Å². The first-order valence-electron chi connectivity index (χ1n) is 33.0. The van der Waals surface area contributed by atoms with E-state index in [9.17, 15) is 17.8 Å². The Bertz CT molecular complexity index is 5060. The second-order valence-electron chi connectivity index (χ2n) is 11.5. The molecule has 11 rings (SSSR count). The van der Waals surface area contributed by atoms with Crippen LogP contribution in [0.5, 0.6) is 0 Å². The third-order valence-electron chi connectivity index (χ3n) is 8.61. The number of anilines is 3. The summed E-state index contributed by atoms with van der Waals surface area (Å²) in [7, 11) is 0. The van der Waals surface area contributed by atoms with E-state index in [0.717, 1.165) is 0 Å². The number of fused-ring (bicyclic) bond motifs is 7. The molecule has 11 aromatic rings. The minimum absolute atomic E-state index is 0.350. The standard InChI is InChI=1S/C52H34N2O/c1-2-17-37(18-3-1)53(38-31-29-36(30-32-38)40-24-14-16-35-15-4-5-19-39(35)40)49-34-33-44(52-51(49)45-23-9-13-28-50(45)55-52)43-22-8-12-27-48(43)54-46-25-10-6-20-41(46)42-21-7-11-26-47(42)54/h1-34H/i1D,2D,3D,4D,5D,6D,7D,8D,9D,10D,11D,12D,13D,14D,15D,16D,17D,18D,19D,20D,21D,22D,23D,24D,25D,26D,27D,28D,29D,30D,31D,32D,33D,34D. The van der Waals surface area contributed by atoms with E-state index < -0.39 is 305 Å². The number of benzene rings is 9. The van der Waals surface area contributed by atoms with E-state index in [1.165, 1.54) is 0 Å². The second kappa shape index (κ2) is 12.6. The maximum atomic E-state index is 10.2. The lowest BCUT2D eigenvalue weighted by Gasteiger charge is -2.27. The lowest BCUT2D eigenvalue weighted by molar-refractivity contribution is 0.670. The topological polar surface area (TPSA) is 21.3 Å². The van der Waals surface area contributed by atoms with Crippen LogP contribution in [0, 0.1) is 0 Å². The Kier molecular flexibility index (Phi) is 2.84. The van der Waals surface area contributed by atoms with Gasteiger partial charge in [-0.15, -0.1) is 0 Å². The number of furan rings is 1. The summed E-state index contributed by atoms with van der Waals surface area (Å²) >= 11 is 0. The first kappa shape index (κ1) is 12.3. The molecule has 0 aliphatic carbocycles. The van der Waals surface area contributed by atoms with Gasteiger partial charge in [0.05, 0.1) is 74.4 Å². The zero-order chi connectivity index (χ0) is 65.9. The van der Waals surface area contributed by atoms with Crippen molar-refractivity contribution in [2.24, 2.45) is 0 Å². The Labute approximate surface area is 366 Å². The van der Waals surface area contributed by atoms with Gasteiger partial charge in [-0.1, -0.05) is 145 Å². The molecule has 0 aliphatic heterocycles. The Balaban J connectivity index is 1.41. The van der Waals surface area contributed by atoms with Crippen molar-refractivity contribution in [1.82, 2.24) is 4.57 Å². The highest BCUT2D eigenvalue weighted by atomic mass is 16.3. The summed E-state index contributed by atoms with van der Waals surface area (Å²) < 4.78 is 316. The first-order valence-corrected chi connectivity index (χ1v) is 16.0. The molecule has 258 valence electrons. The normalized spacial score (nSPS) is 20.3. The molecule has 0 saturated heterocycles. The molecule has 0 N–H and O–H groups in total. The summed E-state index contributed by atoms with van der Waals surface area (Å²) in [5.74, 6) is 0. The number of nitrogens with zero attached hydrogens (tertiary/aromatic N) is 2. The van der Waals surface area contributed by atoms with E-state index in [4.69, 9.17) is 33.2 Å². The van der Waals surface area contributed by atoms with Crippen molar-refractivity contribution in [3.05, 3.63) is 205 Å². The molecule has 3 heteroatoms. The Hall–Kier alpha value is -7.36. The average Bonchev–Trinajstić information content (AvgIpc) is 1.73. The van der Waals surface area contributed by atoms with Crippen molar-refractivity contribution in [3.63, 3.8) is 0 Å². The third-order valence-corrected chi connectivity index (χ3v) is 8.61. The van der Waals surface area contributed by atoms with Crippen molar-refractivity contribution >= 4 is 71.6 Å². The summed E-state index contributed by atoms with van der Waals surface area (Å²) in [6.45, 7) is 0. The molecule has 0 spiro atoms. The number of hydrogen-bond acceptors (Lipinski definition) is 2. The third kappa shape index (κ3) is 4.98. The van der Waals surface area contributed by atoms with E-state index >= 15 is 0 Å². The zero-order valence-electron chi connectivity index (χ0n) is 61.3. The van der Waals surface area contributed by atoms with E-state index in [-0.39, 0.29) is 0 Å². The fourth-order valence-corrected chi connectivity index (χ4v) is 6.34. The van der Waals surface area contributed by atoms with Gasteiger partial charge in [0.1, 0.15) is 11.2 Å². The summed E-state index contributed by atoms with van der Waals surface area (Å²) in [5.41, 5.74) is -11.6. The molecule has 0 unspecified atom stereocenters. The monoisotopic (exact) mass is 736 g/mol. The van der Waals surface area contributed by atoms with Gasteiger partial charge in [0, 0.05) is 38.7 Å². The molecular weight excluding hydrogens is 669 g/mol. The van der Waals surface area contributed by atoms with E-state index in [1.54, 1.807) is 0 Å². The van der Waals surface area contributed by atoms with Gasteiger partial charge in [-0.25, -0.2) is 0 Å². The second-order valence-corrected chi connectivity index (χ2v) is 11.5. The predicted molar refractivity (Wildman–Crippen MR) is 231 cm³/mol. The molecule has 0 saturated carbocycles. The maximum absolute atomic E-state index is 10.2. The summed E-state index contributed by atoms with van der Waals surface area (Å²) in [6, 6.07) is -36.5. The molecule has 55 heavy (non-hydrogen) atoms. The van der Waals surface area contributed by atoms with Crippen LogP contribution in [-0.4, -0.2) is 4.57 Å². The van der Waals surface area contributed by atoms with Crippen LogP contribution in [0.4, 0.5) is 17.1 Å². The van der Waals surface area contributed by atoms with Crippen molar-refractivity contribution in [1.29, 1.82) is 0 Å². The highest BCUT2D eigenvalue weighted by molar-refractivity contribution is 6.18. The predicted octanol–water partition coefficient (Wildman–Crippen LogP) is 14.6. The fraction of sp³-hybridized carbons (Fsp3) is 0. The zero-order valence-corrected chi connectivity index (χ0v) is 27.3. The van der Waals surface area contributed by atoms with Crippen molar-refractivity contribution in [3.8, 4) is 27.9 Å². The van der Waals surface area contributed by atoms with Crippen molar-refractivity contribution in [2.75, 3.05) is 4.90 Å². The minimum Gasteiger partial charge on any atom is -0.455 e. The van der Waals surface area contributed by atoms with Gasteiger partial charge in [-0.05, 0) is 82.3 Å². The van der Waals surface area contributed by atoms with Gasteiger partial charge in [0.2, 0.25) is 0 Å². The van der Waals surface area contributed by atoms with Crippen LogP contribution in [-0.2, 0) is 0 Å². The van der Waals surface area contributed by atoms with Gasteiger partial charge < -0.3 is 13.9 Å². The van der Waals surface area contributed by atoms with Gasteiger partial charge in [0.15, 0.2) is 0 Å². The van der Waals surface area contributed by atoms with E-state index in [0.29, 0.717) is 9.47 Å². The van der Waals surface area contributed by atoms with Crippen LogP contribution in [0.1, 0.15) is 46.6 Å². The lowest BCUT2D eigenvalue weighted by atomic mass is 9.97. The molecular formula is C52H34N2O. The molecule has 0 aliphatic rings. The summed E-state index contributed by atoms with van der Waals surface area (Å²) in [5, 5.41) is -4.31. The summed E-state index contributed by atoms with van der Waals surface area (Å²) in [4.78, 5) is 0.350. The molecule has 0 fully saturated rings. The molecule has 0 radical (unpaired) electrons. The minimum atomic E-state index is -1.36. The quantitative estimate of drug-likeness (QED) is 0.169. The van der Waals surface area contributed by atoms with Crippen LogP contribution in [0.15, 0.2) is 210 Å². The number of hydrogen-bond donors (Lipinski definition) is 0. The van der Waals surface area contributed by atoms with Crippen LogP contribution in [0.25, 0.3) is 82.5 Å². The van der Waals surface area contributed by atoms with Crippen LogP contribution >= 0.6 is 0 Å². The van der Waals surface area contributed by atoms with E-state index in [1.807, 2.05) is 0 Å². The number of para-hydroxylation sites is 5. The van der Waals surface area contributed by atoms with Crippen molar-refractivity contribution in [2.45, 2.75) is 0 Å². The fourth-order valence-electron chi connectivity index (χ4n) is 6.34. The maximum Gasteiger partial charge on any atom is 0.145 e. The number of aromatic nitrogens is 1. The Morgan fingerprint density at radius 3 is 1.78 bits per heavy atom. The van der Waals surface area contributed by atoms with Gasteiger partial charge in [0.25, 0.3) is 0 Å². The van der Waals surface area contributed by atoms with Crippen LogP contribution < -0.4 is 4.90 Å². The molecule has 0 bridgehead atoms. The lowest BCUT2D eigenvalue weighted by Crippen LogP contribution is -2.10. The molecule has 3 nitrogen and oxygen atoms in total. The van der Waals surface area contributed by atoms with Gasteiger partial charge in [-0.2, -0.15) is 0 Å². The molecule has 0 amide bonds. The Morgan fingerprint density at radius 1 is 0.418 bits per heavy atom. The molecule has 0 atom stereocenters. The molecule has 2 aromatic heterocycles. The van der Waals surface area contributed by atoms with E-state index in [2.05, 4.69) is 0 Å². The van der Waals surface area contributed by atoms with Crippen molar-refractivity contribution < 1.29 is 51.0 Å². The Morgan fingerprint density at radius 2 is 1.00 bits per heavy atom. The number of rotatable bonds is 6.